The van der Waals surface area contributed by atoms with Crippen LogP contribution in [0.25, 0.3) is 0 Å². The van der Waals surface area contributed by atoms with Crippen molar-refractivity contribution in [1.29, 1.82) is 0 Å². The molecular weight excluding hydrogens is 232 g/mol. The van der Waals surface area contributed by atoms with E-state index < -0.39 is 0 Å². The van der Waals surface area contributed by atoms with Gasteiger partial charge in [-0.05, 0) is 20.4 Å². The van der Waals surface area contributed by atoms with Crippen LogP contribution < -0.4 is 5.32 Å². The molecule has 0 aromatic rings. The number of hydrogen-bond acceptors (Lipinski definition) is 4. The van der Waals surface area contributed by atoms with Gasteiger partial charge in [-0.3, -0.25) is 4.79 Å². The number of nitrogens with one attached hydrogen (secondary N) is 1. The van der Waals surface area contributed by atoms with Gasteiger partial charge >= 0.3 is 0 Å². The Bertz CT molecular complexity index is 257. The molecule has 1 saturated heterocycles. The lowest BCUT2D eigenvalue weighted by Gasteiger charge is -2.31. The maximum absolute atomic E-state index is 12.5. The highest BCUT2D eigenvalue weighted by Gasteiger charge is 2.36. The molecule has 1 aliphatic rings. The highest BCUT2D eigenvalue weighted by Crippen LogP contribution is 2.18. The van der Waals surface area contributed by atoms with Crippen LogP contribution in [0, 0.1) is 5.92 Å². The average Bonchev–Trinajstić information content (AvgIpc) is 2.79. The first kappa shape index (κ1) is 15.4. The van der Waals surface area contributed by atoms with E-state index in [-0.39, 0.29) is 23.9 Å². The molecule has 18 heavy (non-hydrogen) atoms. The summed E-state index contributed by atoms with van der Waals surface area (Å²) in [5.74, 6) is 0.106. The second kappa shape index (κ2) is 7.71. The zero-order chi connectivity index (χ0) is 13.5. The zero-order valence-electron chi connectivity index (χ0n) is 11.9. The molecule has 3 atom stereocenters. The summed E-state index contributed by atoms with van der Waals surface area (Å²) in [4.78, 5) is 14.4. The number of amides is 1. The average molecular weight is 258 g/mol. The number of rotatable bonds is 7. The molecule has 0 saturated carbocycles. The van der Waals surface area contributed by atoms with Gasteiger partial charge in [-0.15, -0.1) is 0 Å². The predicted octanol–water partition coefficient (Wildman–Crippen LogP) is 0.494. The van der Waals surface area contributed by atoms with Crippen LogP contribution in [0.1, 0.15) is 20.8 Å². The molecular formula is C13H26N2O3. The Morgan fingerprint density at radius 3 is 2.78 bits per heavy atom. The number of nitrogens with zero attached hydrogens (tertiary/aromatic N) is 1. The van der Waals surface area contributed by atoms with Crippen molar-refractivity contribution in [3.8, 4) is 0 Å². The van der Waals surface area contributed by atoms with E-state index in [9.17, 15) is 4.79 Å². The molecule has 0 bridgehead atoms. The first-order valence-electron chi connectivity index (χ1n) is 6.76. The summed E-state index contributed by atoms with van der Waals surface area (Å²) in [6.07, 6.45) is 0. The van der Waals surface area contributed by atoms with E-state index in [1.165, 1.54) is 0 Å². The summed E-state index contributed by atoms with van der Waals surface area (Å²) in [5, 5.41) is 3.32. The van der Waals surface area contributed by atoms with E-state index >= 15 is 0 Å². The quantitative estimate of drug-likeness (QED) is 0.722. The van der Waals surface area contributed by atoms with Crippen LogP contribution in [0.3, 0.4) is 0 Å². The van der Waals surface area contributed by atoms with Crippen LogP contribution in [-0.4, -0.2) is 62.9 Å². The van der Waals surface area contributed by atoms with Gasteiger partial charge in [0.2, 0.25) is 5.91 Å². The summed E-state index contributed by atoms with van der Waals surface area (Å²) in [6.45, 7) is 9.35. The van der Waals surface area contributed by atoms with Gasteiger partial charge in [-0.2, -0.15) is 0 Å². The van der Waals surface area contributed by atoms with Crippen molar-refractivity contribution in [2.45, 2.75) is 32.9 Å². The van der Waals surface area contributed by atoms with E-state index in [0.29, 0.717) is 26.4 Å². The second-order valence-corrected chi connectivity index (χ2v) is 4.74. The van der Waals surface area contributed by atoms with Crippen molar-refractivity contribution in [3.63, 3.8) is 0 Å². The topological polar surface area (TPSA) is 50.8 Å². The second-order valence-electron chi connectivity index (χ2n) is 4.74. The molecule has 0 spiro atoms. The van der Waals surface area contributed by atoms with E-state index in [0.717, 1.165) is 6.54 Å². The summed E-state index contributed by atoms with van der Waals surface area (Å²) < 4.78 is 10.6. The molecule has 1 amide bonds. The summed E-state index contributed by atoms with van der Waals surface area (Å²) in [6, 6.07) is 0.252. The third-order valence-electron chi connectivity index (χ3n) is 3.43. The minimum absolute atomic E-state index is 0.0655. The Morgan fingerprint density at radius 2 is 2.22 bits per heavy atom. The maximum atomic E-state index is 12.5. The Labute approximate surface area is 110 Å². The first-order chi connectivity index (χ1) is 8.65. The molecule has 0 aromatic heterocycles. The van der Waals surface area contributed by atoms with E-state index in [2.05, 4.69) is 5.32 Å². The van der Waals surface area contributed by atoms with Crippen molar-refractivity contribution in [2.75, 3.05) is 40.0 Å². The minimum Gasteiger partial charge on any atom is -0.383 e. The first-order valence-corrected chi connectivity index (χ1v) is 6.76. The van der Waals surface area contributed by atoms with Crippen LogP contribution in [0.4, 0.5) is 0 Å². The smallest absolute Gasteiger partial charge is 0.229 e. The lowest BCUT2D eigenvalue weighted by atomic mass is 10.0. The van der Waals surface area contributed by atoms with Crippen molar-refractivity contribution in [3.05, 3.63) is 0 Å². The van der Waals surface area contributed by atoms with Crippen LogP contribution in [0.5, 0.6) is 0 Å². The number of likely N-dealkylation sites (N-methyl/N-ethyl adjacent to an activating group) is 2. The Morgan fingerprint density at radius 1 is 1.50 bits per heavy atom. The predicted molar refractivity (Wildman–Crippen MR) is 70.5 cm³/mol. The third-order valence-corrected chi connectivity index (χ3v) is 3.43. The molecule has 3 unspecified atom stereocenters. The molecule has 1 fully saturated rings. The molecule has 106 valence electrons. The molecule has 1 aliphatic heterocycles. The normalized spacial score (nSPS) is 25.1. The molecule has 5 heteroatoms. The summed E-state index contributed by atoms with van der Waals surface area (Å²) in [7, 11) is 1.66. The minimum atomic E-state index is -0.0655. The monoisotopic (exact) mass is 258 g/mol. The molecule has 0 aromatic carbocycles. The van der Waals surface area contributed by atoms with Gasteiger partial charge in [-0.25, -0.2) is 0 Å². The fraction of sp³-hybridized carbons (Fsp3) is 0.923. The summed E-state index contributed by atoms with van der Waals surface area (Å²) >= 11 is 0. The zero-order valence-corrected chi connectivity index (χ0v) is 11.9. The number of ether oxygens (including phenoxy) is 2. The molecule has 1 heterocycles. The lowest BCUT2D eigenvalue weighted by molar-refractivity contribution is -0.138. The van der Waals surface area contributed by atoms with Crippen LogP contribution in [-0.2, 0) is 14.3 Å². The van der Waals surface area contributed by atoms with E-state index in [1.54, 1.807) is 7.11 Å². The van der Waals surface area contributed by atoms with Crippen LogP contribution in [0.2, 0.25) is 0 Å². The molecule has 0 radical (unpaired) electrons. The van der Waals surface area contributed by atoms with E-state index in [4.69, 9.17) is 9.47 Å². The van der Waals surface area contributed by atoms with Gasteiger partial charge in [-0.1, -0.05) is 6.92 Å². The fourth-order valence-corrected chi connectivity index (χ4v) is 2.49. The highest BCUT2D eigenvalue weighted by atomic mass is 16.5. The van der Waals surface area contributed by atoms with Crippen molar-refractivity contribution in [1.82, 2.24) is 10.2 Å². The summed E-state index contributed by atoms with van der Waals surface area (Å²) in [5.41, 5.74) is 0. The number of hydrogen-bond donors (Lipinski definition) is 1. The fourth-order valence-electron chi connectivity index (χ4n) is 2.49. The van der Waals surface area contributed by atoms with Gasteiger partial charge in [0.05, 0.1) is 31.8 Å². The maximum Gasteiger partial charge on any atom is 0.229 e. The third kappa shape index (κ3) is 3.67. The Kier molecular flexibility index (Phi) is 6.60. The van der Waals surface area contributed by atoms with Crippen LogP contribution >= 0.6 is 0 Å². The van der Waals surface area contributed by atoms with Crippen molar-refractivity contribution < 1.29 is 14.3 Å². The van der Waals surface area contributed by atoms with Crippen molar-refractivity contribution in [2.24, 2.45) is 5.92 Å². The largest absolute Gasteiger partial charge is 0.383 e. The lowest BCUT2D eigenvalue weighted by Crippen LogP contribution is -2.49. The molecule has 0 aliphatic carbocycles. The standard InChI is InChI=1S/C13H26N2O3/c1-5-14-12-9-18-8-11(12)13(16)15(6-2)10(3)7-17-4/h10-12,14H,5-9H2,1-4H3. The Hall–Kier alpha value is -0.650. The number of carbonyl (C=O) groups excluding carboxylic acids is 1. The van der Waals surface area contributed by atoms with Gasteiger partial charge in [0.25, 0.3) is 0 Å². The van der Waals surface area contributed by atoms with Gasteiger partial charge in [0.1, 0.15) is 0 Å². The molecule has 1 N–H and O–H groups in total. The highest BCUT2D eigenvalue weighted by molar-refractivity contribution is 5.80. The van der Waals surface area contributed by atoms with Crippen LogP contribution in [0.15, 0.2) is 0 Å². The van der Waals surface area contributed by atoms with E-state index in [1.807, 2.05) is 25.7 Å². The number of carbonyl (C=O) groups is 1. The molecule has 5 nitrogen and oxygen atoms in total. The van der Waals surface area contributed by atoms with Crippen molar-refractivity contribution >= 4 is 5.91 Å². The van der Waals surface area contributed by atoms with Gasteiger partial charge in [0.15, 0.2) is 0 Å². The van der Waals surface area contributed by atoms with Gasteiger partial charge < -0.3 is 19.7 Å². The Balaban J connectivity index is 2.64. The van der Waals surface area contributed by atoms with Gasteiger partial charge in [0, 0.05) is 19.7 Å². The number of methoxy groups -OCH3 is 1. The SMILES string of the molecule is CCNC1COCC1C(=O)N(CC)C(C)COC. The molecule has 1 rings (SSSR count).